The van der Waals surface area contributed by atoms with E-state index < -0.39 is 0 Å². The molecule has 7 heteroatoms. The van der Waals surface area contributed by atoms with E-state index in [2.05, 4.69) is 27.4 Å². The number of hydrogen-bond acceptors (Lipinski definition) is 4. The van der Waals surface area contributed by atoms with Crippen LogP contribution in [-0.2, 0) is 12.8 Å². The molecule has 0 fully saturated rings. The summed E-state index contributed by atoms with van der Waals surface area (Å²) < 4.78 is 3.86. The maximum absolute atomic E-state index is 9.52. The van der Waals surface area contributed by atoms with E-state index in [0.717, 1.165) is 39.6 Å². The molecule has 6 nitrogen and oxygen atoms in total. The van der Waals surface area contributed by atoms with Crippen LogP contribution in [0.1, 0.15) is 33.9 Å². The lowest BCUT2D eigenvalue weighted by molar-refractivity contribution is 0.776. The van der Waals surface area contributed by atoms with Crippen molar-refractivity contribution in [2.45, 2.75) is 19.8 Å². The van der Waals surface area contributed by atoms with Gasteiger partial charge in [-0.05, 0) is 42.3 Å². The number of hydrogen-bond donors (Lipinski definition) is 0. The van der Waals surface area contributed by atoms with Crippen LogP contribution < -0.4 is 0 Å². The van der Waals surface area contributed by atoms with Crippen molar-refractivity contribution in [1.29, 1.82) is 5.26 Å². The maximum atomic E-state index is 9.52. The molecule has 4 aromatic rings. The van der Waals surface area contributed by atoms with E-state index in [1.807, 2.05) is 52.6 Å². The third-order valence-corrected chi connectivity index (χ3v) is 5.27. The molecule has 28 heavy (non-hydrogen) atoms. The molecule has 3 heterocycles. The van der Waals surface area contributed by atoms with E-state index in [-0.39, 0.29) is 0 Å². The van der Waals surface area contributed by atoms with Gasteiger partial charge in [0.2, 0.25) is 0 Å². The summed E-state index contributed by atoms with van der Waals surface area (Å²) >= 11 is 6.14. The summed E-state index contributed by atoms with van der Waals surface area (Å²) in [5.41, 5.74) is 7.17. The summed E-state index contributed by atoms with van der Waals surface area (Å²) in [4.78, 5) is 4.30. The van der Waals surface area contributed by atoms with Gasteiger partial charge in [0.15, 0.2) is 5.69 Å². The smallest absolute Gasteiger partial charge is 0.162 e. The number of nitrogens with zero attached hydrogens (tertiary/aromatic N) is 6. The molecule has 2 aromatic heterocycles. The van der Waals surface area contributed by atoms with Crippen LogP contribution >= 0.6 is 11.6 Å². The van der Waals surface area contributed by atoms with Gasteiger partial charge in [0.25, 0.3) is 0 Å². The molecule has 0 unspecified atom stereocenters. The van der Waals surface area contributed by atoms with E-state index in [1.54, 1.807) is 6.33 Å². The van der Waals surface area contributed by atoms with Crippen LogP contribution in [0.25, 0.3) is 11.4 Å². The summed E-state index contributed by atoms with van der Waals surface area (Å²) in [6.45, 7) is 2.05. The predicted molar refractivity (Wildman–Crippen MR) is 105 cm³/mol. The minimum absolute atomic E-state index is 0.426. The molecule has 0 aliphatic carbocycles. The van der Waals surface area contributed by atoms with E-state index in [4.69, 9.17) is 11.6 Å². The van der Waals surface area contributed by atoms with Gasteiger partial charge in [-0.25, -0.2) is 9.67 Å². The number of benzene rings is 2. The Morgan fingerprint density at radius 3 is 2.86 bits per heavy atom. The Bertz CT molecular complexity index is 1260. The Hall–Kier alpha value is -3.43. The van der Waals surface area contributed by atoms with Crippen LogP contribution in [0.15, 0.2) is 48.8 Å². The average molecular weight is 387 g/mol. The van der Waals surface area contributed by atoms with Crippen LogP contribution in [0.4, 0.5) is 0 Å². The summed E-state index contributed by atoms with van der Waals surface area (Å²) in [6, 6.07) is 16.1. The SMILES string of the molecule is Cc1ccc2c(c1)-n1nnc(Cc3cccc(Cl)c3)c1Cc1c(C#N)ncn1-2. The van der Waals surface area contributed by atoms with Crippen molar-refractivity contribution >= 4 is 11.6 Å². The van der Waals surface area contributed by atoms with Crippen LogP contribution in [0, 0.1) is 18.3 Å². The number of aryl methyl sites for hydroxylation is 1. The number of nitriles is 1. The fraction of sp³-hybridized carbons (Fsp3) is 0.143. The Kier molecular flexibility index (Phi) is 3.78. The third kappa shape index (κ3) is 2.60. The van der Waals surface area contributed by atoms with Crippen LogP contribution in [-0.4, -0.2) is 24.5 Å². The largest absolute Gasteiger partial charge is 0.299 e. The van der Waals surface area contributed by atoms with Gasteiger partial charge in [-0.15, -0.1) is 5.10 Å². The van der Waals surface area contributed by atoms with Gasteiger partial charge in [0, 0.05) is 17.9 Å². The first-order valence-corrected chi connectivity index (χ1v) is 9.27. The van der Waals surface area contributed by atoms with E-state index in [1.165, 1.54) is 0 Å². The van der Waals surface area contributed by atoms with Crippen LogP contribution in [0.2, 0.25) is 5.02 Å². The minimum Gasteiger partial charge on any atom is -0.299 e. The fourth-order valence-corrected chi connectivity index (χ4v) is 3.90. The maximum Gasteiger partial charge on any atom is 0.162 e. The molecule has 1 aliphatic heterocycles. The molecule has 1 aliphatic rings. The second-order valence-electron chi connectivity index (χ2n) is 6.89. The van der Waals surface area contributed by atoms with Gasteiger partial charge in [-0.1, -0.05) is 35.0 Å². The van der Waals surface area contributed by atoms with Gasteiger partial charge in [-0.2, -0.15) is 5.26 Å². The van der Waals surface area contributed by atoms with Crippen molar-refractivity contribution in [3.8, 4) is 17.4 Å². The first-order valence-electron chi connectivity index (χ1n) is 8.89. The number of fused-ring (bicyclic) bond motifs is 5. The molecule has 0 amide bonds. The third-order valence-electron chi connectivity index (χ3n) is 5.03. The second kappa shape index (κ2) is 6.32. The van der Waals surface area contributed by atoms with Crippen molar-refractivity contribution in [2.24, 2.45) is 0 Å². The quantitative estimate of drug-likeness (QED) is 0.463. The van der Waals surface area contributed by atoms with Gasteiger partial charge < -0.3 is 0 Å². The molecular weight excluding hydrogens is 372 g/mol. The van der Waals surface area contributed by atoms with Crippen LogP contribution in [0.5, 0.6) is 0 Å². The molecule has 2 aromatic carbocycles. The Balaban J connectivity index is 1.71. The minimum atomic E-state index is 0.426. The summed E-state index contributed by atoms with van der Waals surface area (Å²) in [7, 11) is 0. The van der Waals surface area contributed by atoms with E-state index >= 15 is 0 Å². The second-order valence-corrected chi connectivity index (χ2v) is 7.33. The number of rotatable bonds is 2. The van der Waals surface area contributed by atoms with Gasteiger partial charge in [-0.3, -0.25) is 4.57 Å². The molecule has 0 radical (unpaired) electrons. The fourth-order valence-electron chi connectivity index (χ4n) is 3.69. The lowest BCUT2D eigenvalue weighted by atomic mass is 10.1. The van der Waals surface area contributed by atoms with Crippen molar-refractivity contribution in [2.75, 3.05) is 0 Å². The van der Waals surface area contributed by atoms with E-state index in [9.17, 15) is 5.26 Å². The van der Waals surface area contributed by atoms with Crippen molar-refractivity contribution in [3.05, 3.63) is 87.7 Å². The standard InChI is InChI=1S/C21H15ClN6/c1-13-5-6-18-21(7-13)28-20(10-19-17(11-23)24-12-27(18)19)16(25-26-28)9-14-3-2-4-15(22)8-14/h2-8,12H,9-10H2,1H3. The van der Waals surface area contributed by atoms with Crippen molar-refractivity contribution in [1.82, 2.24) is 24.5 Å². The molecular formula is C21H15ClN6. The number of imidazole rings is 1. The molecule has 0 atom stereocenters. The van der Waals surface area contributed by atoms with E-state index in [0.29, 0.717) is 23.6 Å². The normalized spacial score (nSPS) is 11.9. The first-order chi connectivity index (χ1) is 13.6. The molecule has 0 saturated heterocycles. The molecule has 5 rings (SSSR count). The highest BCUT2D eigenvalue weighted by Crippen LogP contribution is 2.31. The highest BCUT2D eigenvalue weighted by Gasteiger charge is 2.26. The Morgan fingerprint density at radius 1 is 1.14 bits per heavy atom. The lowest BCUT2D eigenvalue weighted by Crippen LogP contribution is -2.04. The highest BCUT2D eigenvalue weighted by molar-refractivity contribution is 6.30. The number of halogens is 1. The van der Waals surface area contributed by atoms with Crippen LogP contribution in [0.3, 0.4) is 0 Å². The zero-order valence-electron chi connectivity index (χ0n) is 15.1. The molecule has 0 spiro atoms. The molecule has 136 valence electrons. The molecule has 0 bridgehead atoms. The van der Waals surface area contributed by atoms with Crippen molar-refractivity contribution < 1.29 is 0 Å². The average Bonchev–Trinajstić information content (AvgIpc) is 3.23. The molecule has 0 saturated carbocycles. The number of aromatic nitrogens is 5. The zero-order valence-corrected chi connectivity index (χ0v) is 15.9. The predicted octanol–water partition coefficient (Wildman–Crippen LogP) is 3.78. The monoisotopic (exact) mass is 386 g/mol. The Morgan fingerprint density at radius 2 is 2.04 bits per heavy atom. The van der Waals surface area contributed by atoms with Gasteiger partial charge >= 0.3 is 0 Å². The van der Waals surface area contributed by atoms with Gasteiger partial charge in [0.05, 0.1) is 28.5 Å². The van der Waals surface area contributed by atoms with Crippen molar-refractivity contribution in [3.63, 3.8) is 0 Å². The lowest BCUT2D eigenvalue weighted by Gasteiger charge is -2.10. The summed E-state index contributed by atoms with van der Waals surface area (Å²) in [5, 5.41) is 19.1. The summed E-state index contributed by atoms with van der Waals surface area (Å²) in [5.74, 6) is 0. The Labute approximate surface area is 166 Å². The summed E-state index contributed by atoms with van der Waals surface area (Å²) in [6.07, 6.45) is 2.85. The highest BCUT2D eigenvalue weighted by atomic mass is 35.5. The zero-order chi connectivity index (χ0) is 19.3. The first kappa shape index (κ1) is 16.7. The molecule has 0 N–H and O–H groups in total. The van der Waals surface area contributed by atoms with Gasteiger partial charge in [0.1, 0.15) is 12.4 Å². The topological polar surface area (TPSA) is 72.3 Å².